The Hall–Kier alpha value is -4.21. The predicted octanol–water partition coefficient (Wildman–Crippen LogP) is 1.29. The number of carbonyl (C=O) groups excluding carboxylic acids is 2. The van der Waals surface area contributed by atoms with Gasteiger partial charge in [0.15, 0.2) is 0 Å². The van der Waals surface area contributed by atoms with Crippen molar-refractivity contribution in [2.75, 3.05) is 6.54 Å². The van der Waals surface area contributed by atoms with Crippen LogP contribution in [0.25, 0.3) is 16.7 Å². The molecular formula is C25H28N6O4. The van der Waals surface area contributed by atoms with E-state index in [1.807, 2.05) is 44.2 Å². The van der Waals surface area contributed by atoms with Crippen molar-refractivity contribution in [3.8, 4) is 0 Å². The largest absolute Gasteiger partial charge is 0.356 e. The zero-order valence-corrected chi connectivity index (χ0v) is 19.7. The summed E-state index contributed by atoms with van der Waals surface area (Å²) in [5, 5.41) is 10.2. The number of amides is 2. The number of nitrogens with zero attached hydrogens (tertiary/aromatic N) is 4. The maximum Gasteiger partial charge on any atom is 0.352 e. The van der Waals surface area contributed by atoms with E-state index in [0.717, 1.165) is 10.2 Å². The van der Waals surface area contributed by atoms with Gasteiger partial charge in [-0.05, 0) is 23.6 Å². The first-order valence-corrected chi connectivity index (χ1v) is 11.5. The zero-order valence-electron chi connectivity index (χ0n) is 19.7. The topological polar surface area (TPSA) is 120 Å². The molecule has 0 aliphatic rings. The van der Waals surface area contributed by atoms with Crippen LogP contribution in [-0.4, -0.2) is 37.1 Å². The zero-order chi connectivity index (χ0) is 24.9. The highest BCUT2D eigenvalue weighted by Gasteiger charge is 2.19. The van der Waals surface area contributed by atoms with Crippen LogP contribution in [0.5, 0.6) is 0 Å². The van der Waals surface area contributed by atoms with E-state index in [4.69, 9.17) is 0 Å². The molecule has 182 valence electrons. The van der Waals surface area contributed by atoms with Gasteiger partial charge in [0.2, 0.25) is 17.6 Å². The van der Waals surface area contributed by atoms with Crippen molar-refractivity contribution in [1.29, 1.82) is 0 Å². The van der Waals surface area contributed by atoms with E-state index in [-0.39, 0.29) is 42.7 Å². The van der Waals surface area contributed by atoms with Crippen LogP contribution in [0.1, 0.15) is 25.8 Å². The Morgan fingerprint density at radius 2 is 1.66 bits per heavy atom. The average Bonchev–Trinajstić information content (AvgIpc) is 3.17. The summed E-state index contributed by atoms with van der Waals surface area (Å²) < 4.78 is 3.67. The average molecular weight is 477 g/mol. The summed E-state index contributed by atoms with van der Waals surface area (Å²) in [5.41, 5.74) is 0.437. The molecule has 2 aromatic heterocycles. The van der Waals surface area contributed by atoms with Crippen LogP contribution in [0.4, 0.5) is 0 Å². The third kappa shape index (κ3) is 5.32. The normalized spacial score (nSPS) is 11.3. The molecule has 2 amide bonds. The number of rotatable bonds is 9. The number of hydrogen-bond donors (Lipinski definition) is 2. The maximum atomic E-state index is 13.2. The summed E-state index contributed by atoms with van der Waals surface area (Å²) in [7, 11) is 0. The van der Waals surface area contributed by atoms with E-state index in [1.165, 1.54) is 8.97 Å². The minimum atomic E-state index is -0.538. The van der Waals surface area contributed by atoms with Crippen LogP contribution in [0.15, 0.2) is 64.2 Å². The molecule has 4 aromatic rings. The monoisotopic (exact) mass is 476 g/mol. The molecule has 4 rings (SSSR count). The van der Waals surface area contributed by atoms with Crippen molar-refractivity contribution in [2.24, 2.45) is 5.92 Å². The lowest BCUT2D eigenvalue weighted by Crippen LogP contribution is -2.32. The summed E-state index contributed by atoms with van der Waals surface area (Å²) >= 11 is 0. The van der Waals surface area contributed by atoms with Gasteiger partial charge in [0, 0.05) is 26.1 Å². The van der Waals surface area contributed by atoms with Gasteiger partial charge >= 0.3 is 5.69 Å². The lowest BCUT2D eigenvalue weighted by atomic mass is 10.2. The molecule has 0 saturated heterocycles. The third-order valence-electron chi connectivity index (χ3n) is 5.58. The molecule has 2 aromatic carbocycles. The number of nitrogens with one attached hydrogen (secondary N) is 2. The molecule has 35 heavy (non-hydrogen) atoms. The first-order chi connectivity index (χ1) is 16.8. The Morgan fingerprint density at radius 1 is 0.943 bits per heavy atom. The van der Waals surface area contributed by atoms with Crippen LogP contribution in [0.2, 0.25) is 0 Å². The summed E-state index contributed by atoms with van der Waals surface area (Å²) in [6, 6.07) is 16.1. The highest BCUT2D eigenvalue weighted by Crippen LogP contribution is 2.11. The van der Waals surface area contributed by atoms with Crippen molar-refractivity contribution < 1.29 is 9.59 Å². The molecule has 2 N–H and O–H groups in total. The molecule has 10 heteroatoms. The number of para-hydroxylation sites is 1. The lowest BCUT2D eigenvalue weighted by molar-refractivity contribution is -0.122. The van der Waals surface area contributed by atoms with Crippen molar-refractivity contribution in [3.05, 3.63) is 81.0 Å². The fourth-order valence-electron chi connectivity index (χ4n) is 3.78. The van der Waals surface area contributed by atoms with Crippen LogP contribution >= 0.6 is 0 Å². The van der Waals surface area contributed by atoms with E-state index < -0.39 is 5.69 Å². The number of benzene rings is 2. The molecular weight excluding hydrogens is 448 g/mol. The van der Waals surface area contributed by atoms with Gasteiger partial charge in [0.25, 0.3) is 5.56 Å². The summed E-state index contributed by atoms with van der Waals surface area (Å²) in [6.07, 6.45) is 0.0548. The molecule has 0 spiro atoms. The van der Waals surface area contributed by atoms with Crippen molar-refractivity contribution in [3.63, 3.8) is 0 Å². The first kappa shape index (κ1) is 23.9. The van der Waals surface area contributed by atoms with Crippen molar-refractivity contribution in [1.82, 2.24) is 29.4 Å². The second-order valence-electron chi connectivity index (χ2n) is 8.76. The Bertz CT molecular complexity index is 1480. The van der Waals surface area contributed by atoms with Gasteiger partial charge in [-0.2, -0.15) is 0 Å². The van der Waals surface area contributed by atoms with Crippen molar-refractivity contribution in [2.45, 2.75) is 39.9 Å². The van der Waals surface area contributed by atoms with E-state index in [9.17, 15) is 19.2 Å². The molecule has 0 aliphatic carbocycles. The summed E-state index contributed by atoms with van der Waals surface area (Å²) in [5.74, 6) is -0.188. The molecule has 0 bridgehead atoms. The molecule has 0 aliphatic heterocycles. The third-order valence-corrected chi connectivity index (χ3v) is 5.58. The minimum Gasteiger partial charge on any atom is -0.356 e. The van der Waals surface area contributed by atoms with Crippen LogP contribution in [0, 0.1) is 5.92 Å². The quantitative estimate of drug-likeness (QED) is 0.377. The molecule has 0 saturated carbocycles. The van der Waals surface area contributed by atoms with Gasteiger partial charge in [-0.25, -0.2) is 13.9 Å². The van der Waals surface area contributed by atoms with E-state index in [1.54, 1.807) is 24.3 Å². The van der Waals surface area contributed by atoms with Gasteiger partial charge in [-0.1, -0.05) is 56.3 Å². The van der Waals surface area contributed by atoms with Crippen LogP contribution in [0.3, 0.4) is 0 Å². The molecule has 0 unspecified atom stereocenters. The highest BCUT2D eigenvalue weighted by atomic mass is 16.2. The van der Waals surface area contributed by atoms with Gasteiger partial charge < -0.3 is 10.6 Å². The molecule has 10 nitrogen and oxygen atoms in total. The Morgan fingerprint density at radius 3 is 2.40 bits per heavy atom. The van der Waals surface area contributed by atoms with Crippen LogP contribution < -0.4 is 21.9 Å². The number of hydrogen-bond acceptors (Lipinski definition) is 5. The molecule has 0 fully saturated rings. The Balaban J connectivity index is 1.65. The first-order valence-electron chi connectivity index (χ1n) is 11.5. The van der Waals surface area contributed by atoms with E-state index in [2.05, 4.69) is 15.7 Å². The Kier molecular flexibility index (Phi) is 7.09. The number of carbonyl (C=O) groups is 2. The second kappa shape index (κ2) is 10.4. The number of fused-ring (bicyclic) bond motifs is 3. The number of aromatic nitrogens is 4. The SMILES string of the molecule is CC(C)CNC(=O)CCn1c(=O)c2ccccc2n2c(=O)n(CC(=O)NCc3ccccc3)nc12. The summed E-state index contributed by atoms with van der Waals surface area (Å²) in [4.78, 5) is 51.2. The van der Waals surface area contributed by atoms with Gasteiger partial charge in [0.1, 0.15) is 6.54 Å². The summed E-state index contributed by atoms with van der Waals surface area (Å²) in [6.45, 7) is 4.59. The van der Waals surface area contributed by atoms with Gasteiger partial charge in [0.05, 0.1) is 10.9 Å². The van der Waals surface area contributed by atoms with Gasteiger partial charge in [-0.3, -0.25) is 19.0 Å². The van der Waals surface area contributed by atoms with E-state index in [0.29, 0.717) is 29.9 Å². The molecule has 2 heterocycles. The molecule has 0 atom stereocenters. The highest BCUT2D eigenvalue weighted by molar-refractivity contribution is 5.80. The second-order valence-corrected chi connectivity index (χ2v) is 8.76. The predicted molar refractivity (Wildman–Crippen MR) is 132 cm³/mol. The minimum absolute atomic E-state index is 0.0494. The van der Waals surface area contributed by atoms with Crippen molar-refractivity contribution >= 4 is 28.5 Å². The number of aryl methyl sites for hydroxylation is 1. The molecule has 0 radical (unpaired) electrons. The fraction of sp³-hybridized carbons (Fsp3) is 0.320. The smallest absolute Gasteiger partial charge is 0.352 e. The van der Waals surface area contributed by atoms with Crippen LogP contribution in [-0.2, 0) is 29.2 Å². The lowest BCUT2D eigenvalue weighted by Gasteiger charge is -2.10. The van der Waals surface area contributed by atoms with E-state index >= 15 is 0 Å². The Labute approximate surface area is 201 Å². The maximum absolute atomic E-state index is 13.2. The fourth-order valence-corrected chi connectivity index (χ4v) is 3.78. The van der Waals surface area contributed by atoms with Gasteiger partial charge in [-0.15, -0.1) is 5.10 Å². The standard InChI is InChI=1S/C25H28N6O4/c1-17(2)14-26-21(32)12-13-29-23(34)19-10-6-7-11-20(19)31-24(29)28-30(25(31)35)16-22(33)27-15-18-8-4-3-5-9-18/h3-11,17H,12-16H2,1-2H3,(H,26,32)(H,27,33).